The first-order valence-electron chi connectivity index (χ1n) is 2.94. The second-order valence-corrected chi connectivity index (χ2v) is 2.48. The van der Waals surface area contributed by atoms with Gasteiger partial charge in [0.2, 0.25) is 0 Å². The smallest absolute Gasteiger partial charge is 0.136 e. The summed E-state index contributed by atoms with van der Waals surface area (Å²) in [6.45, 7) is 0. The Morgan fingerprint density at radius 2 is 2.30 bits per heavy atom. The third kappa shape index (κ3) is 0.772. The molecule has 0 saturated carbocycles. The quantitative estimate of drug-likeness (QED) is 0.564. The zero-order valence-corrected chi connectivity index (χ0v) is 5.92. The largest absolute Gasteiger partial charge is 0.306 e. The zero-order chi connectivity index (χ0) is 6.97. The van der Waals surface area contributed by atoms with E-state index in [0.717, 1.165) is 10.7 Å². The van der Waals surface area contributed by atoms with Crippen molar-refractivity contribution in [3.8, 4) is 0 Å². The van der Waals surface area contributed by atoms with Crippen LogP contribution < -0.4 is 0 Å². The molecule has 2 heterocycles. The lowest BCUT2D eigenvalue weighted by Crippen LogP contribution is -1.79. The Hall–Kier alpha value is -1.02. The van der Waals surface area contributed by atoms with Crippen LogP contribution in [0.1, 0.15) is 0 Å². The molecule has 0 aliphatic carbocycles. The van der Waals surface area contributed by atoms with E-state index in [1.165, 1.54) is 0 Å². The number of halogens is 1. The zero-order valence-electron chi connectivity index (χ0n) is 5.16. The molecule has 0 radical (unpaired) electrons. The average molecular weight is 153 g/mol. The van der Waals surface area contributed by atoms with Crippen molar-refractivity contribution in [1.82, 2.24) is 9.38 Å². The highest BCUT2D eigenvalue weighted by atomic mass is 35.5. The van der Waals surface area contributed by atoms with E-state index in [0.29, 0.717) is 0 Å². The third-order valence-electron chi connectivity index (χ3n) is 1.35. The second-order valence-electron chi connectivity index (χ2n) is 2.04. The Morgan fingerprint density at radius 1 is 1.40 bits per heavy atom. The first-order valence-corrected chi connectivity index (χ1v) is 3.32. The number of nitrogens with zero attached hydrogens (tertiary/aromatic N) is 2. The predicted octanol–water partition coefficient (Wildman–Crippen LogP) is 1.99. The number of hydrogen-bond donors (Lipinski definition) is 0. The van der Waals surface area contributed by atoms with Gasteiger partial charge in [-0.1, -0.05) is 11.6 Å². The first kappa shape index (κ1) is 5.74. The van der Waals surface area contributed by atoms with Gasteiger partial charge in [-0.25, -0.2) is 4.98 Å². The van der Waals surface area contributed by atoms with Gasteiger partial charge in [-0.3, -0.25) is 0 Å². The van der Waals surface area contributed by atoms with Gasteiger partial charge in [-0.2, -0.15) is 0 Å². The fraction of sp³-hybridized carbons (Fsp3) is 0. The van der Waals surface area contributed by atoms with Crippen molar-refractivity contribution in [3.05, 3.63) is 35.7 Å². The van der Waals surface area contributed by atoms with Gasteiger partial charge in [0, 0.05) is 18.6 Å². The van der Waals surface area contributed by atoms with E-state index >= 15 is 0 Å². The normalized spacial score (nSPS) is 10.5. The summed E-state index contributed by atoms with van der Waals surface area (Å²) in [7, 11) is 0. The minimum absolute atomic E-state index is 0.727. The highest BCUT2D eigenvalue weighted by Gasteiger charge is 1.91. The van der Waals surface area contributed by atoms with Crippen molar-refractivity contribution in [2.24, 2.45) is 0 Å². The molecule has 0 amide bonds. The molecule has 2 aromatic rings. The van der Waals surface area contributed by atoms with Crippen molar-refractivity contribution in [2.45, 2.75) is 0 Å². The summed E-state index contributed by atoms with van der Waals surface area (Å²) >= 11 is 5.73. The van der Waals surface area contributed by atoms with Gasteiger partial charge in [0.25, 0.3) is 0 Å². The van der Waals surface area contributed by atoms with Crippen molar-refractivity contribution in [1.29, 1.82) is 0 Å². The summed E-state index contributed by atoms with van der Waals surface area (Å²) in [6, 6.07) is 3.70. The molecule has 0 bridgehead atoms. The van der Waals surface area contributed by atoms with E-state index in [4.69, 9.17) is 11.6 Å². The molecule has 50 valence electrons. The summed E-state index contributed by atoms with van der Waals surface area (Å²) < 4.78 is 1.88. The van der Waals surface area contributed by atoms with Gasteiger partial charge in [-0.15, -0.1) is 0 Å². The molecule has 0 unspecified atom stereocenters. The van der Waals surface area contributed by atoms with Crippen LogP contribution in [0.15, 0.2) is 30.7 Å². The SMILES string of the molecule is Clc1ccc2nccn2c1. The molecule has 2 aromatic heterocycles. The molecule has 0 N–H and O–H groups in total. The van der Waals surface area contributed by atoms with Crippen LogP contribution in [-0.4, -0.2) is 9.38 Å². The number of hydrogen-bond acceptors (Lipinski definition) is 1. The highest BCUT2D eigenvalue weighted by molar-refractivity contribution is 6.30. The molecule has 0 fully saturated rings. The Balaban J connectivity index is 2.86. The lowest BCUT2D eigenvalue weighted by Gasteiger charge is -1.91. The van der Waals surface area contributed by atoms with E-state index in [-0.39, 0.29) is 0 Å². The number of rotatable bonds is 0. The standard InChI is InChI=1S/C7H5ClN2/c8-6-1-2-7-9-3-4-10(7)5-6/h1-5H. The lowest BCUT2D eigenvalue weighted by molar-refractivity contribution is 1.19. The molecule has 2 rings (SSSR count). The molecule has 0 aliphatic heterocycles. The molecule has 0 aromatic carbocycles. The molecule has 0 aliphatic rings. The number of imidazole rings is 1. The minimum atomic E-state index is 0.727. The summed E-state index contributed by atoms with van der Waals surface area (Å²) in [4.78, 5) is 4.06. The molecular formula is C7H5ClN2. The molecule has 10 heavy (non-hydrogen) atoms. The number of pyridine rings is 1. The van der Waals surface area contributed by atoms with E-state index in [9.17, 15) is 0 Å². The van der Waals surface area contributed by atoms with Crippen LogP contribution in [-0.2, 0) is 0 Å². The molecule has 0 atom stereocenters. The van der Waals surface area contributed by atoms with E-state index < -0.39 is 0 Å². The van der Waals surface area contributed by atoms with Gasteiger partial charge in [0.15, 0.2) is 0 Å². The summed E-state index contributed by atoms with van der Waals surface area (Å²) in [6.07, 6.45) is 5.43. The molecule has 0 saturated heterocycles. The Morgan fingerprint density at radius 3 is 3.20 bits per heavy atom. The maximum atomic E-state index is 5.73. The number of fused-ring (bicyclic) bond motifs is 1. The van der Waals surface area contributed by atoms with E-state index in [1.54, 1.807) is 6.20 Å². The van der Waals surface area contributed by atoms with Crippen LogP contribution in [0.5, 0.6) is 0 Å². The molecule has 0 spiro atoms. The number of aromatic nitrogens is 2. The maximum Gasteiger partial charge on any atom is 0.136 e. The summed E-state index contributed by atoms with van der Waals surface area (Å²) in [5.74, 6) is 0. The van der Waals surface area contributed by atoms with E-state index in [1.807, 2.05) is 28.9 Å². The van der Waals surface area contributed by atoms with Crippen molar-refractivity contribution in [3.63, 3.8) is 0 Å². The first-order chi connectivity index (χ1) is 4.86. The van der Waals surface area contributed by atoms with Gasteiger partial charge in [0.05, 0.1) is 5.02 Å². The summed E-state index contributed by atoms with van der Waals surface area (Å²) in [5.41, 5.74) is 0.921. The monoisotopic (exact) mass is 152 g/mol. The van der Waals surface area contributed by atoms with Gasteiger partial charge in [-0.05, 0) is 12.1 Å². The average Bonchev–Trinajstić information content (AvgIpc) is 2.33. The van der Waals surface area contributed by atoms with Gasteiger partial charge >= 0.3 is 0 Å². The Bertz CT molecular complexity index is 353. The fourth-order valence-electron chi connectivity index (χ4n) is 0.893. The van der Waals surface area contributed by atoms with Crippen LogP contribution >= 0.6 is 11.6 Å². The van der Waals surface area contributed by atoms with Crippen molar-refractivity contribution < 1.29 is 0 Å². The Labute approximate surface area is 63.1 Å². The highest BCUT2D eigenvalue weighted by Crippen LogP contribution is 2.08. The van der Waals surface area contributed by atoms with Gasteiger partial charge < -0.3 is 4.40 Å². The van der Waals surface area contributed by atoms with Crippen LogP contribution in [0, 0.1) is 0 Å². The topological polar surface area (TPSA) is 17.3 Å². The van der Waals surface area contributed by atoms with Gasteiger partial charge in [0.1, 0.15) is 5.65 Å². The van der Waals surface area contributed by atoms with Crippen LogP contribution in [0.25, 0.3) is 5.65 Å². The molecule has 2 nitrogen and oxygen atoms in total. The minimum Gasteiger partial charge on any atom is -0.306 e. The summed E-state index contributed by atoms with van der Waals surface area (Å²) in [5, 5.41) is 0.727. The molecule has 3 heteroatoms. The lowest BCUT2D eigenvalue weighted by atomic mass is 10.5. The van der Waals surface area contributed by atoms with Crippen LogP contribution in [0.4, 0.5) is 0 Å². The Kier molecular flexibility index (Phi) is 1.14. The fourth-order valence-corrected chi connectivity index (χ4v) is 1.06. The van der Waals surface area contributed by atoms with Crippen molar-refractivity contribution in [2.75, 3.05) is 0 Å². The van der Waals surface area contributed by atoms with Crippen molar-refractivity contribution >= 4 is 17.2 Å². The second kappa shape index (κ2) is 1.99. The third-order valence-corrected chi connectivity index (χ3v) is 1.58. The van der Waals surface area contributed by atoms with Crippen LogP contribution in [0.2, 0.25) is 5.02 Å². The van der Waals surface area contributed by atoms with E-state index in [2.05, 4.69) is 4.98 Å². The van der Waals surface area contributed by atoms with Crippen LogP contribution in [0.3, 0.4) is 0 Å². The maximum absolute atomic E-state index is 5.73. The predicted molar refractivity (Wildman–Crippen MR) is 40.2 cm³/mol. The molecular weight excluding hydrogens is 148 g/mol.